The van der Waals surface area contributed by atoms with E-state index in [0.29, 0.717) is 38.1 Å². The average Bonchev–Trinajstić information content (AvgIpc) is 3.14. The molecule has 0 atom stereocenters. The van der Waals surface area contributed by atoms with Gasteiger partial charge in [0.15, 0.2) is 0 Å². The van der Waals surface area contributed by atoms with Crippen molar-refractivity contribution in [1.82, 2.24) is 9.21 Å². The number of hydrogen-bond donors (Lipinski definition) is 0. The highest BCUT2D eigenvalue weighted by Gasteiger charge is 2.51. The Hall–Kier alpha value is -2.29. The molecular weight excluding hydrogens is 407 g/mol. The van der Waals surface area contributed by atoms with Crippen LogP contribution in [0.5, 0.6) is 0 Å². The quantitative estimate of drug-likeness (QED) is 0.748. The molecule has 1 amide bonds. The number of nitrogens with zero attached hydrogens (tertiary/aromatic N) is 2. The van der Waals surface area contributed by atoms with E-state index in [1.807, 2.05) is 31.2 Å². The maximum atomic E-state index is 13.6. The molecule has 2 fully saturated rings. The van der Waals surface area contributed by atoms with Gasteiger partial charge in [-0.3, -0.25) is 4.79 Å². The Morgan fingerprint density at radius 2 is 1.70 bits per heavy atom. The van der Waals surface area contributed by atoms with Crippen LogP contribution in [0, 0.1) is 19.7 Å². The molecule has 1 spiro atoms. The number of amides is 1. The smallest absolute Gasteiger partial charge is 0.253 e. The third-order valence-electron chi connectivity index (χ3n) is 5.97. The van der Waals surface area contributed by atoms with Crippen LogP contribution >= 0.6 is 0 Å². The highest BCUT2D eigenvalue weighted by molar-refractivity contribution is 7.89. The molecule has 2 aliphatic rings. The van der Waals surface area contributed by atoms with Gasteiger partial charge >= 0.3 is 0 Å². The summed E-state index contributed by atoms with van der Waals surface area (Å²) in [5.74, 6) is -0.504. The SMILES string of the molecule is Cc1ccc(C(=O)N2CCC3(CC2)OCCN3S(=O)(=O)c2ccc(F)c(C)c2)cc1. The van der Waals surface area contributed by atoms with Gasteiger partial charge in [0.1, 0.15) is 11.5 Å². The highest BCUT2D eigenvalue weighted by Crippen LogP contribution is 2.38. The van der Waals surface area contributed by atoms with Gasteiger partial charge in [0.2, 0.25) is 10.0 Å². The zero-order chi connectivity index (χ0) is 21.5. The molecule has 2 aromatic rings. The predicted molar refractivity (Wildman–Crippen MR) is 110 cm³/mol. The molecule has 0 radical (unpaired) electrons. The normalized spacial score (nSPS) is 19.4. The first-order chi connectivity index (χ1) is 14.2. The number of benzene rings is 2. The van der Waals surface area contributed by atoms with Crippen LogP contribution in [0.3, 0.4) is 0 Å². The van der Waals surface area contributed by atoms with Crippen molar-refractivity contribution in [2.24, 2.45) is 0 Å². The molecule has 8 heteroatoms. The van der Waals surface area contributed by atoms with Gasteiger partial charge < -0.3 is 9.64 Å². The molecular formula is C22H25FN2O4S. The van der Waals surface area contributed by atoms with Gasteiger partial charge in [0.25, 0.3) is 5.91 Å². The summed E-state index contributed by atoms with van der Waals surface area (Å²) in [6.07, 6.45) is 0.786. The van der Waals surface area contributed by atoms with Crippen molar-refractivity contribution in [3.8, 4) is 0 Å². The molecule has 0 unspecified atom stereocenters. The fraction of sp³-hybridized carbons (Fsp3) is 0.409. The molecule has 160 valence electrons. The average molecular weight is 433 g/mol. The molecule has 4 rings (SSSR count). The summed E-state index contributed by atoms with van der Waals surface area (Å²) >= 11 is 0. The molecule has 2 aliphatic heterocycles. The Kier molecular flexibility index (Phi) is 5.42. The number of carbonyl (C=O) groups excluding carboxylic acids is 1. The van der Waals surface area contributed by atoms with E-state index in [1.54, 1.807) is 11.8 Å². The standard InChI is InChI=1S/C22H25FN2O4S/c1-16-3-5-18(6-4-16)21(26)24-11-9-22(10-12-24)25(13-14-29-22)30(27,28)19-7-8-20(23)17(2)15-19/h3-8,15H,9-14H2,1-2H3. The summed E-state index contributed by atoms with van der Waals surface area (Å²) in [6, 6.07) is 11.2. The second-order valence-electron chi connectivity index (χ2n) is 7.94. The molecule has 0 bridgehead atoms. The molecule has 0 N–H and O–H groups in total. The van der Waals surface area contributed by atoms with Crippen LogP contribution in [0.15, 0.2) is 47.4 Å². The number of carbonyl (C=O) groups is 1. The van der Waals surface area contributed by atoms with Gasteiger partial charge in [-0.15, -0.1) is 0 Å². The van der Waals surface area contributed by atoms with Crippen molar-refractivity contribution in [3.05, 3.63) is 65.0 Å². The topological polar surface area (TPSA) is 66.9 Å². The lowest BCUT2D eigenvalue weighted by Crippen LogP contribution is -2.55. The molecule has 0 aliphatic carbocycles. The highest BCUT2D eigenvalue weighted by atomic mass is 32.2. The molecule has 2 aromatic carbocycles. The monoisotopic (exact) mass is 432 g/mol. The van der Waals surface area contributed by atoms with Crippen molar-refractivity contribution in [2.45, 2.75) is 37.3 Å². The molecule has 6 nitrogen and oxygen atoms in total. The van der Waals surface area contributed by atoms with E-state index in [4.69, 9.17) is 4.74 Å². The minimum Gasteiger partial charge on any atom is -0.358 e. The van der Waals surface area contributed by atoms with Crippen molar-refractivity contribution in [2.75, 3.05) is 26.2 Å². The van der Waals surface area contributed by atoms with E-state index in [0.717, 1.165) is 5.56 Å². The summed E-state index contributed by atoms with van der Waals surface area (Å²) in [4.78, 5) is 14.6. The third kappa shape index (κ3) is 3.64. The molecule has 0 saturated carbocycles. The number of piperidine rings is 1. The second-order valence-corrected chi connectivity index (χ2v) is 9.80. The van der Waals surface area contributed by atoms with Crippen LogP contribution in [0.1, 0.15) is 34.3 Å². The molecule has 0 aromatic heterocycles. The summed E-state index contributed by atoms with van der Waals surface area (Å²) in [5.41, 5.74) is 1.02. The Balaban J connectivity index is 1.53. The van der Waals surface area contributed by atoms with Crippen LogP contribution in [0.25, 0.3) is 0 Å². The van der Waals surface area contributed by atoms with E-state index in [1.165, 1.54) is 22.5 Å². The predicted octanol–water partition coefficient (Wildman–Crippen LogP) is 3.10. The Bertz CT molecular complexity index is 1060. The molecule has 2 heterocycles. The zero-order valence-electron chi connectivity index (χ0n) is 17.1. The van der Waals surface area contributed by atoms with Crippen LogP contribution in [-0.2, 0) is 14.8 Å². The first-order valence-corrected chi connectivity index (χ1v) is 11.5. The van der Waals surface area contributed by atoms with Crippen molar-refractivity contribution in [3.63, 3.8) is 0 Å². The fourth-order valence-electron chi connectivity index (χ4n) is 4.17. The van der Waals surface area contributed by atoms with Gasteiger partial charge in [-0.25, -0.2) is 12.8 Å². The van der Waals surface area contributed by atoms with E-state index < -0.39 is 21.6 Å². The van der Waals surface area contributed by atoms with E-state index in [-0.39, 0.29) is 22.9 Å². The maximum Gasteiger partial charge on any atom is 0.253 e. The van der Waals surface area contributed by atoms with E-state index in [2.05, 4.69) is 0 Å². The number of halogens is 1. The number of hydrogen-bond acceptors (Lipinski definition) is 4. The van der Waals surface area contributed by atoms with Gasteiger partial charge in [-0.2, -0.15) is 4.31 Å². The van der Waals surface area contributed by atoms with Gasteiger partial charge in [-0.05, 0) is 49.7 Å². The van der Waals surface area contributed by atoms with Gasteiger partial charge in [0.05, 0.1) is 11.5 Å². The van der Waals surface area contributed by atoms with Crippen LogP contribution in [0.2, 0.25) is 0 Å². The number of ether oxygens (including phenoxy) is 1. The number of aryl methyl sites for hydroxylation is 2. The maximum absolute atomic E-state index is 13.6. The Morgan fingerprint density at radius 1 is 1.03 bits per heavy atom. The zero-order valence-corrected chi connectivity index (χ0v) is 17.9. The van der Waals surface area contributed by atoms with Crippen molar-refractivity contribution in [1.29, 1.82) is 0 Å². The second kappa shape index (κ2) is 7.76. The first kappa shape index (κ1) is 21.0. The van der Waals surface area contributed by atoms with Gasteiger partial charge in [0, 0.05) is 38.0 Å². The summed E-state index contributed by atoms with van der Waals surface area (Å²) in [7, 11) is -3.84. The number of likely N-dealkylation sites (tertiary alicyclic amines) is 1. The lowest BCUT2D eigenvalue weighted by Gasteiger charge is -2.42. The molecule has 30 heavy (non-hydrogen) atoms. The van der Waals surface area contributed by atoms with Gasteiger partial charge in [-0.1, -0.05) is 17.7 Å². The van der Waals surface area contributed by atoms with Crippen LogP contribution in [0.4, 0.5) is 4.39 Å². The lowest BCUT2D eigenvalue weighted by molar-refractivity contribution is -0.0857. The largest absolute Gasteiger partial charge is 0.358 e. The Labute approximate surface area is 176 Å². The summed E-state index contributed by atoms with van der Waals surface area (Å²) in [5, 5.41) is 0. The van der Waals surface area contributed by atoms with E-state index in [9.17, 15) is 17.6 Å². The van der Waals surface area contributed by atoms with Crippen LogP contribution in [-0.4, -0.2) is 55.5 Å². The van der Waals surface area contributed by atoms with Crippen molar-refractivity contribution >= 4 is 15.9 Å². The Morgan fingerprint density at radius 3 is 2.33 bits per heavy atom. The number of rotatable bonds is 3. The van der Waals surface area contributed by atoms with Crippen molar-refractivity contribution < 1.29 is 22.3 Å². The molecule has 2 saturated heterocycles. The van der Waals surface area contributed by atoms with E-state index >= 15 is 0 Å². The summed E-state index contributed by atoms with van der Waals surface area (Å²) < 4.78 is 47.5. The number of sulfonamides is 1. The fourth-order valence-corrected chi connectivity index (χ4v) is 5.98. The lowest BCUT2D eigenvalue weighted by atomic mass is 9.99. The minimum atomic E-state index is -3.84. The minimum absolute atomic E-state index is 0.0597. The first-order valence-electron chi connectivity index (χ1n) is 10.0. The van der Waals surface area contributed by atoms with Crippen LogP contribution < -0.4 is 0 Å². The summed E-state index contributed by atoms with van der Waals surface area (Å²) in [6.45, 7) is 4.85. The third-order valence-corrected chi connectivity index (χ3v) is 7.91.